The second-order valence-electron chi connectivity index (χ2n) is 7.25. The fourth-order valence-electron chi connectivity index (χ4n) is 3.76. The van der Waals surface area contributed by atoms with Crippen LogP contribution in [0.1, 0.15) is 22.7 Å². The van der Waals surface area contributed by atoms with Crippen LogP contribution in [0.3, 0.4) is 0 Å². The average molecular weight is 414 g/mol. The van der Waals surface area contributed by atoms with Gasteiger partial charge in [0.05, 0.1) is 24.1 Å². The van der Waals surface area contributed by atoms with E-state index in [0.717, 1.165) is 11.1 Å². The molecule has 31 heavy (non-hydrogen) atoms. The molecule has 7 heteroatoms. The number of hydrogen-bond acceptors (Lipinski definition) is 5. The standard InChI is InChI=1S/C24H19FN4O2/c25-22-18(8-3-9-19(22)26)17-7-2-1-5-15(17)13-20-23-28-21(14-16-6-4-12-31-16)24(30)29(23)11-10-27-20/h1-12,30H,13-14,26H2. The third-order valence-electron chi connectivity index (χ3n) is 5.28. The van der Waals surface area contributed by atoms with Gasteiger partial charge in [0.2, 0.25) is 5.88 Å². The molecular formula is C24H19FN4O2. The number of nitrogen functional groups attached to an aromatic ring is 1. The number of aromatic nitrogens is 3. The van der Waals surface area contributed by atoms with Crippen LogP contribution in [0.25, 0.3) is 16.8 Å². The van der Waals surface area contributed by atoms with Crippen molar-refractivity contribution in [2.24, 2.45) is 0 Å². The first kappa shape index (κ1) is 18.9. The highest BCUT2D eigenvalue weighted by atomic mass is 19.1. The third kappa shape index (κ3) is 3.40. The topological polar surface area (TPSA) is 89.6 Å². The van der Waals surface area contributed by atoms with Gasteiger partial charge in [0, 0.05) is 24.4 Å². The highest BCUT2D eigenvalue weighted by Crippen LogP contribution is 2.31. The molecule has 5 aromatic rings. The van der Waals surface area contributed by atoms with Crippen LogP contribution in [-0.2, 0) is 12.8 Å². The van der Waals surface area contributed by atoms with Crippen molar-refractivity contribution in [3.05, 3.63) is 102 Å². The number of benzene rings is 2. The molecule has 6 nitrogen and oxygen atoms in total. The predicted octanol–water partition coefficient (Wildman–Crippen LogP) is 4.60. The van der Waals surface area contributed by atoms with E-state index in [1.165, 1.54) is 6.07 Å². The summed E-state index contributed by atoms with van der Waals surface area (Å²) in [5.41, 5.74) is 9.64. The van der Waals surface area contributed by atoms with Gasteiger partial charge in [-0.2, -0.15) is 0 Å². The minimum Gasteiger partial charge on any atom is -0.493 e. The van der Waals surface area contributed by atoms with Crippen LogP contribution >= 0.6 is 0 Å². The molecule has 5 rings (SSSR count). The minimum absolute atomic E-state index is 0.0465. The van der Waals surface area contributed by atoms with E-state index in [4.69, 9.17) is 10.2 Å². The number of nitrogens with zero attached hydrogens (tertiary/aromatic N) is 3. The summed E-state index contributed by atoms with van der Waals surface area (Å²) in [5, 5.41) is 10.6. The van der Waals surface area contributed by atoms with Crippen molar-refractivity contribution in [3.8, 4) is 17.0 Å². The molecule has 0 amide bonds. The van der Waals surface area contributed by atoms with Gasteiger partial charge in [0.1, 0.15) is 11.5 Å². The number of furan rings is 1. The van der Waals surface area contributed by atoms with E-state index < -0.39 is 5.82 Å². The number of hydrogen-bond donors (Lipinski definition) is 2. The van der Waals surface area contributed by atoms with Crippen molar-refractivity contribution in [1.82, 2.24) is 14.4 Å². The van der Waals surface area contributed by atoms with E-state index >= 15 is 0 Å². The Morgan fingerprint density at radius 1 is 0.968 bits per heavy atom. The normalized spacial score (nSPS) is 11.3. The summed E-state index contributed by atoms with van der Waals surface area (Å²) in [6.07, 6.45) is 5.64. The molecule has 0 saturated carbocycles. The Hall–Kier alpha value is -4.13. The lowest BCUT2D eigenvalue weighted by atomic mass is 9.96. The number of imidazole rings is 1. The maximum atomic E-state index is 14.7. The van der Waals surface area contributed by atoms with Crippen LogP contribution in [-0.4, -0.2) is 19.5 Å². The van der Waals surface area contributed by atoms with E-state index in [2.05, 4.69) is 9.97 Å². The maximum Gasteiger partial charge on any atom is 0.219 e. The van der Waals surface area contributed by atoms with Gasteiger partial charge >= 0.3 is 0 Å². The van der Waals surface area contributed by atoms with Crippen LogP contribution in [0.4, 0.5) is 10.1 Å². The van der Waals surface area contributed by atoms with E-state index in [9.17, 15) is 9.50 Å². The number of fused-ring (bicyclic) bond motifs is 1. The van der Waals surface area contributed by atoms with Crippen molar-refractivity contribution in [2.75, 3.05) is 5.73 Å². The third-order valence-corrected chi connectivity index (χ3v) is 5.28. The van der Waals surface area contributed by atoms with Gasteiger partial charge in [-0.3, -0.25) is 9.38 Å². The van der Waals surface area contributed by atoms with Gasteiger partial charge < -0.3 is 15.3 Å². The first-order valence-corrected chi connectivity index (χ1v) is 9.80. The summed E-state index contributed by atoms with van der Waals surface area (Å²) in [5.74, 6) is 0.307. The summed E-state index contributed by atoms with van der Waals surface area (Å²) in [6, 6.07) is 16.2. The molecule has 0 aliphatic heterocycles. The van der Waals surface area contributed by atoms with Crippen LogP contribution < -0.4 is 5.73 Å². The number of halogens is 1. The molecule has 3 aromatic heterocycles. The molecule has 3 heterocycles. The number of rotatable bonds is 5. The minimum atomic E-state index is -0.444. The van der Waals surface area contributed by atoms with Crippen molar-refractivity contribution >= 4 is 11.3 Å². The fraction of sp³-hybridized carbons (Fsp3) is 0.0833. The number of anilines is 1. The molecule has 0 saturated heterocycles. The van der Waals surface area contributed by atoms with Crippen molar-refractivity contribution in [3.63, 3.8) is 0 Å². The fourth-order valence-corrected chi connectivity index (χ4v) is 3.76. The Labute approximate surface area is 177 Å². The van der Waals surface area contributed by atoms with Gasteiger partial charge in [-0.15, -0.1) is 0 Å². The maximum absolute atomic E-state index is 14.7. The lowest BCUT2D eigenvalue weighted by Crippen LogP contribution is -2.00. The summed E-state index contributed by atoms with van der Waals surface area (Å²) < 4.78 is 21.7. The number of nitrogens with two attached hydrogens (primary N) is 1. The summed E-state index contributed by atoms with van der Waals surface area (Å²) in [4.78, 5) is 9.11. The summed E-state index contributed by atoms with van der Waals surface area (Å²) in [7, 11) is 0. The molecule has 0 aliphatic carbocycles. The Kier molecular flexibility index (Phi) is 4.63. The molecule has 0 aliphatic rings. The zero-order chi connectivity index (χ0) is 21.4. The van der Waals surface area contributed by atoms with Gasteiger partial charge in [0.25, 0.3) is 0 Å². The second kappa shape index (κ2) is 7.60. The van der Waals surface area contributed by atoms with E-state index in [0.29, 0.717) is 41.2 Å². The molecule has 0 atom stereocenters. The predicted molar refractivity (Wildman–Crippen MR) is 115 cm³/mol. The highest BCUT2D eigenvalue weighted by molar-refractivity contribution is 5.72. The molecule has 0 bridgehead atoms. The molecular weight excluding hydrogens is 395 g/mol. The molecule has 154 valence electrons. The zero-order valence-electron chi connectivity index (χ0n) is 16.5. The average Bonchev–Trinajstić information content (AvgIpc) is 3.40. The number of aromatic hydroxyl groups is 1. The molecule has 0 radical (unpaired) electrons. The molecule has 0 fully saturated rings. The van der Waals surface area contributed by atoms with Gasteiger partial charge in [0.15, 0.2) is 11.5 Å². The Bertz CT molecular complexity index is 1380. The lowest BCUT2D eigenvalue weighted by molar-refractivity contribution is 0.438. The first-order valence-electron chi connectivity index (χ1n) is 9.80. The van der Waals surface area contributed by atoms with Crippen LogP contribution in [0.15, 0.2) is 77.7 Å². The van der Waals surface area contributed by atoms with Gasteiger partial charge in [-0.1, -0.05) is 36.4 Å². The lowest BCUT2D eigenvalue weighted by Gasteiger charge is -2.12. The van der Waals surface area contributed by atoms with E-state index in [-0.39, 0.29) is 11.6 Å². The van der Waals surface area contributed by atoms with Gasteiger partial charge in [-0.05, 0) is 29.3 Å². The molecule has 2 aromatic carbocycles. The van der Waals surface area contributed by atoms with Crippen LogP contribution in [0.5, 0.6) is 5.88 Å². The van der Waals surface area contributed by atoms with Crippen LogP contribution in [0, 0.1) is 5.82 Å². The second-order valence-corrected chi connectivity index (χ2v) is 7.25. The van der Waals surface area contributed by atoms with Crippen molar-refractivity contribution in [2.45, 2.75) is 12.8 Å². The van der Waals surface area contributed by atoms with Crippen LogP contribution in [0.2, 0.25) is 0 Å². The van der Waals surface area contributed by atoms with Crippen molar-refractivity contribution in [1.29, 1.82) is 0 Å². The zero-order valence-corrected chi connectivity index (χ0v) is 16.5. The highest BCUT2D eigenvalue weighted by Gasteiger charge is 2.18. The first-order chi connectivity index (χ1) is 15.1. The SMILES string of the molecule is Nc1cccc(-c2ccccc2Cc2nccn3c(O)c(Cc4ccco4)nc23)c1F. The molecule has 3 N–H and O–H groups in total. The van der Waals surface area contributed by atoms with E-state index in [1.807, 2.05) is 30.3 Å². The van der Waals surface area contributed by atoms with Gasteiger partial charge in [-0.25, -0.2) is 9.37 Å². The Morgan fingerprint density at radius 2 is 1.81 bits per heavy atom. The van der Waals surface area contributed by atoms with E-state index in [1.54, 1.807) is 41.3 Å². The monoisotopic (exact) mass is 414 g/mol. The molecule has 0 unspecified atom stereocenters. The smallest absolute Gasteiger partial charge is 0.219 e. The quantitative estimate of drug-likeness (QED) is 0.410. The van der Waals surface area contributed by atoms with Crippen molar-refractivity contribution < 1.29 is 13.9 Å². The Balaban J connectivity index is 1.57. The Morgan fingerprint density at radius 3 is 2.65 bits per heavy atom. The molecule has 0 spiro atoms. The largest absolute Gasteiger partial charge is 0.493 e. The summed E-state index contributed by atoms with van der Waals surface area (Å²) >= 11 is 0. The summed E-state index contributed by atoms with van der Waals surface area (Å²) in [6.45, 7) is 0.